The highest BCUT2D eigenvalue weighted by atomic mass is 35.5. The van der Waals surface area contributed by atoms with Gasteiger partial charge in [0.05, 0.1) is 5.02 Å². The van der Waals surface area contributed by atoms with E-state index in [2.05, 4.69) is 17.2 Å². The highest BCUT2D eigenvalue weighted by Gasteiger charge is 1.97. The molecule has 0 radical (unpaired) electrons. The second-order valence-electron chi connectivity index (χ2n) is 3.01. The molecule has 0 heterocycles. The van der Waals surface area contributed by atoms with Crippen LogP contribution in [0.15, 0.2) is 18.2 Å². The van der Waals surface area contributed by atoms with Crippen molar-refractivity contribution in [1.29, 1.82) is 0 Å². The Morgan fingerprint density at radius 1 is 1.53 bits per heavy atom. The van der Waals surface area contributed by atoms with Crippen LogP contribution in [0.2, 0.25) is 5.02 Å². The van der Waals surface area contributed by atoms with Gasteiger partial charge in [-0.1, -0.05) is 29.5 Å². The minimum absolute atomic E-state index is 0.581. The Morgan fingerprint density at radius 2 is 2.33 bits per heavy atom. The molecule has 0 unspecified atom stereocenters. The average molecular weight is 222 g/mol. The number of aldehydes is 1. The van der Waals surface area contributed by atoms with Gasteiger partial charge in [0, 0.05) is 24.1 Å². The van der Waals surface area contributed by atoms with Gasteiger partial charge < -0.3 is 5.32 Å². The summed E-state index contributed by atoms with van der Waals surface area (Å²) in [7, 11) is 1.88. The first-order valence-corrected chi connectivity index (χ1v) is 5.04. The Morgan fingerprint density at radius 3 is 3.00 bits per heavy atom. The summed E-state index contributed by atoms with van der Waals surface area (Å²) in [6, 6.07) is 5.06. The zero-order valence-electron chi connectivity index (χ0n) is 8.51. The van der Waals surface area contributed by atoms with Crippen molar-refractivity contribution < 1.29 is 4.79 Å². The fourth-order valence-corrected chi connectivity index (χ4v) is 1.22. The van der Waals surface area contributed by atoms with Gasteiger partial charge >= 0.3 is 0 Å². The van der Waals surface area contributed by atoms with Crippen LogP contribution in [0.25, 0.3) is 0 Å². The lowest BCUT2D eigenvalue weighted by Gasteiger charge is -1.96. The molecule has 0 aromatic heterocycles. The summed E-state index contributed by atoms with van der Waals surface area (Å²) < 4.78 is 0. The zero-order chi connectivity index (χ0) is 11.1. The Labute approximate surface area is 94.6 Å². The Bertz CT molecular complexity index is 404. The molecular formula is C12H12ClNO. The van der Waals surface area contributed by atoms with E-state index >= 15 is 0 Å². The minimum atomic E-state index is 0.581. The molecule has 78 valence electrons. The topological polar surface area (TPSA) is 29.1 Å². The first kappa shape index (κ1) is 11.8. The van der Waals surface area contributed by atoms with Crippen molar-refractivity contribution in [2.75, 3.05) is 13.6 Å². The van der Waals surface area contributed by atoms with Gasteiger partial charge in [-0.3, -0.25) is 4.79 Å². The van der Waals surface area contributed by atoms with Gasteiger partial charge in [0.1, 0.15) is 6.29 Å². The number of hydrogen-bond donors (Lipinski definition) is 1. The fourth-order valence-electron chi connectivity index (χ4n) is 1.06. The Balaban J connectivity index is 2.81. The predicted molar refractivity (Wildman–Crippen MR) is 62.3 cm³/mol. The number of carbonyl (C=O) groups excluding carboxylic acids is 1. The number of carbonyl (C=O) groups is 1. The summed E-state index contributed by atoms with van der Waals surface area (Å²) in [5.41, 5.74) is 1.30. The van der Waals surface area contributed by atoms with Crippen LogP contribution in [0.1, 0.15) is 22.3 Å². The number of nitrogens with one attached hydrogen (secondary N) is 1. The average Bonchev–Trinajstić information content (AvgIpc) is 2.26. The number of rotatable bonds is 3. The van der Waals surface area contributed by atoms with E-state index in [0.29, 0.717) is 16.1 Å². The molecule has 1 aromatic rings. The highest BCUT2D eigenvalue weighted by Crippen LogP contribution is 2.15. The van der Waals surface area contributed by atoms with Crippen LogP contribution in [0.3, 0.4) is 0 Å². The van der Waals surface area contributed by atoms with E-state index in [0.717, 1.165) is 19.3 Å². The lowest BCUT2D eigenvalue weighted by atomic mass is 10.1. The van der Waals surface area contributed by atoms with E-state index in [-0.39, 0.29) is 0 Å². The van der Waals surface area contributed by atoms with Crippen LogP contribution >= 0.6 is 11.6 Å². The molecule has 0 bridgehead atoms. The first-order chi connectivity index (χ1) is 7.27. The maximum Gasteiger partial charge on any atom is 0.150 e. The van der Waals surface area contributed by atoms with E-state index in [9.17, 15) is 4.79 Å². The predicted octanol–water partition coefficient (Wildman–Crippen LogP) is 2.11. The molecule has 15 heavy (non-hydrogen) atoms. The van der Waals surface area contributed by atoms with Gasteiger partial charge in [0.2, 0.25) is 0 Å². The molecule has 0 saturated carbocycles. The third kappa shape index (κ3) is 3.75. The van der Waals surface area contributed by atoms with E-state index < -0.39 is 0 Å². The third-order valence-electron chi connectivity index (χ3n) is 1.85. The number of halogens is 1. The van der Waals surface area contributed by atoms with Crippen LogP contribution in [-0.2, 0) is 0 Å². The van der Waals surface area contributed by atoms with E-state index in [1.807, 2.05) is 7.05 Å². The van der Waals surface area contributed by atoms with Crippen molar-refractivity contribution in [3.8, 4) is 11.8 Å². The quantitative estimate of drug-likeness (QED) is 0.481. The molecule has 0 fully saturated rings. The second-order valence-corrected chi connectivity index (χ2v) is 3.42. The molecule has 0 spiro atoms. The number of benzene rings is 1. The summed E-state index contributed by atoms with van der Waals surface area (Å²) in [6.07, 6.45) is 1.55. The summed E-state index contributed by atoms with van der Waals surface area (Å²) in [5, 5.41) is 3.58. The molecule has 3 heteroatoms. The van der Waals surface area contributed by atoms with Gasteiger partial charge in [-0.2, -0.15) is 0 Å². The van der Waals surface area contributed by atoms with Gasteiger partial charge in [-0.15, -0.1) is 0 Å². The second kappa shape index (κ2) is 6.23. The lowest BCUT2D eigenvalue weighted by molar-refractivity contribution is 0.112. The standard InChI is InChI=1S/C12H12ClNO/c1-14-7-3-2-4-11-8-10(9-15)5-6-12(11)13/h5-6,8-9,14H,3,7H2,1H3. The van der Waals surface area contributed by atoms with E-state index in [4.69, 9.17) is 11.6 Å². The Kier molecular flexibility index (Phi) is 4.89. The normalized spacial score (nSPS) is 9.20. The molecule has 1 N–H and O–H groups in total. The van der Waals surface area contributed by atoms with Crippen molar-refractivity contribution in [3.63, 3.8) is 0 Å². The van der Waals surface area contributed by atoms with E-state index in [1.54, 1.807) is 18.2 Å². The zero-order valence-corrected chi connectivity index (χ0v) is 9.27. The van der Waals surface area contributed by atoms with Gasteiger partial charge in [0.15, 0.2) is 0 Å². The maximum absolute atomic E-state index is 10.5. The van der Waals surface area contributed by atoms with Crippen molar-refractivity contribution in [2.24, 2.45) is 0 Å². The van der Waals surface area contributed by atoms with Crippen LogP contribution in [-0.4, -0.2) is 19.9 Å². The summed E-state index contributed by atoms with van der Waals surface area (Å²) >= 11 is 5.93. The summed E-state index contributed by atoms with van der Waals surface area (Å²) in [6.45, 7) is 0.845. The van der Waals surface area contributed by atoms with E-state index in [1.165, 1.54) is 0 Å². The van der Waals surface area contributed by atoms with Crippen molar-refractivity contribution in [3.05, 3.63) is 34.3 Å². The smallest absolute Gasteiger partial charge is 0.150 e. The largest absolute Gasteiger partial charge is 0.319 e. The molecule has 0 aliphatic carbocycles. The molecule has 0 aliphatic heterocycles. The SMILES string of the molecule is CNCCC#Cc1cc(C=O)ccc1Cl. The molecule has 1 aromatic carbocycles. The molecule has 2 nitrogen and oxygen atoms in total. The first-order valence-electron chi connectivity index (χ1n) is 4.66. The van der Waals surface area contributed by atoms with Crippen LogP contribution in [0.4, 0.5) is 0 Å². The molecule has 0 saturated heterocycles. The van der Waals surface area contributed by atoms with Gasteiger partial charge in [-0.05, 0) is 19.2 Å². The van der Waals surface area contributed by atoms with Gasteiger partial charge in [0.25, 0.3) is 0 Å². The lowest BCUT2D eigenvalue weighted by Crippen LogP contribution is -2.05. The van der Waals surface area contributed by atoms with Crippen molar-refractivity contribution in [2.45, 2.75) is 6.42 Å². The third-order valence-corrected chi connectivity index (χ3v) is 2.18. The monoisotopic (exact) mass is 221 g/mol. The van der Waals surface area contributed by atoms with Crippen molar-refractivity contribution in [1.82, 2.24) is 5.32 Å². The van der Waals surface area contributed by atoms with Crippen molar-refractivity contribution >= 4 is 17.9 Å². The molecule has 0 aliphatic rings. The van der Waals surface area contributed by atoms with Crippen LogP contribution < -0.4 is 5.32 Å². The molecule has 0 atom stereocenters. The molecular weight excluding hydrogens is 210 g/mol. The van der Waals surface area contributed by atoms with Crippen LogP contribution in [0, 0.1) is 11.8 Å². The Hall–Kier alpha value is -1.30. The minimum Gasteiger partial charge on any atom is -0.319 e. The fraction of sp³-hybridized carbons (Fsp3) is 0.250. The molecule has 0 amide bonds. The van der Waals surface area contributed by atoms with Gasteiger partial charge in [-0.25, -0.2) is 0 Å². The molecule has 1 rings (SSSR count). The number of hydrogen-bond acceptors (Lipinski definition) is 2. The summed E-state index contributed by atoms with van der Waals surface area (Å²) in [4.78, 5) is 10.5. The van der Waals surface area contributed by atoms with Crippen LogP contribution in [0.5, 0.6) is 0 Å². The summed E-state index contributed by atoms with van der Waals surface area (Å²) in [5.74, 6) is 5.92. The maximum atomic E-state index is 10.5. The highest BCUT2D eigenvalue weighted by molar-refractivity contribution is 6.31.